The van der Waals surface area contributed by atoms with Crippen LogP contribution in [0.4, 0.5) is 5.69 Å². The number of carbonyl (C=O) groups excluding carboxylic acids is 1. The van der Waals surface area contributed by atoms with Crippen molar-refractivity contribution in [2.24, 2.45) is 0 Å². The summed E-state index contributed by atoms with van der Waals surface area (Å²) in [6.07, 6.45) is 1.13. The molecule has 0 atom stereocenters. The minimum absolute atomic E-state index is 0.170. The summed E-state index contributed by atoms with van der Waals surface area (Å²) in [5, 5.41) is 3.67. The van der Waals surface area contributed by atoms with Crippen molar-refractivity contribution in [1.29, 1.82) is 0 Å². The molecule has 2 rings (SSSR count). The number of benzene rings is 2. The number of amides is 1. The van der Waals surface area contributed by atoms with Crippen LogP contribution in [0.15, 0.2) is 47.4 Å². The van der Waals surface area contributed by atoms with E-state index in [1.807, 2.05) is 6.07 Å². The van der Waals surface area contributed by atoms with Gasteiger partial charge in [0.15, 0.2) is 9.84 Å². The molecule has 0 heterocycles. The van der Waals surface area contributed by atoms with Crippen LogP contribution in [-0.4, -0.2) is 26.3 Å². The van der Waals surface area contributed by atoms with Gasteiger partial charge >= 0.3 is 0 Å². The SMILES string of the molecule is CS(=O)(=O)c1cccc(NC(=O)CSCc2ccc(Cl)c(Cl)c2)c1. The van der Waals surface area contributed by atoms with Crippen LogP contribution < -0.4 is 5.32 Å². The van der Waals surface area contributed by atoms with Crippen molar-refractivity contribution in [3.63, 3.8) is 0 Å². The average Bonchev–Trinajstić information content (AvgIpc) is 2.50. The molecule has 128 valence electrons. The monoisotopic (exact) mass is 403 g/mol. The lowest BCUT2D eigenvalue weighted by molar-refractivity contribution is -0.113. The van der Waals surface area contributed by atoms with Crippen molar-refractivity contribution in [1.82, 2.24) is 0 Å². The van der Waals surface area contributed by atoms with Gasteiger partial charge in [-0.3, -0.25) is 4.79 Å². The molecule has 2 aromatic carbocycles. The number of rotatable bonds is 6. The Balaban J connectivity index is 1.88. The van der Waals surface area contributed by atoms with Crippen molar-refractivity contribution >= 4 is 56.4 Å². The second-order valence-corrected chi connectivity index (χ2v) is 8.91. The standard InChI is InChI=1S/C16H15Cl2NO3S2/c1-24(21,22)13-4-2-3-12(8-13)19-16(20)10-23-9-11-5-6-14(17)15(18)7-11/h2-8H,9-10H2,1H3,(H,19,20). The van der Waals surface area contributed by atoms with Crippen LogP contribution in [0.25, 0.3) is 0 Å². The van der Waals surface area contributed by atoms with Crippen LogP contribution in [0, 0.1) is 0 Å². The van der Waals surface area contributed by atoms with Gasteiger partial charge in [0.1, 0.15) is 0 Å². The average molecular weight is 404 g/mol. The van der Waals surface area contributed by atoms with Gasteiger partial charge in [0.25, 0.3) is 0 Å². The summed E-state index contributed by atoms with van der Waals surface area (Å²) in [4.78, 5) is 12.1. The number of nitrogens with one attached hydrogen (secondary N) is 1. The molecule has 1 amide bonds. The van der Waals surface area contributed by atoms with Crippen LogP contribution in [0.1, 0.15) is 5.56 Å². The molecule has 0 aromatic heterocycles. The Morgan fingerprint density at radius 3 is 2.54 bits per heavy atom. The maximum atomic E-state index is 12.0. The van der Waals surface area contributed by atoms with Gasteiger partial charge in [-0.05, 0) is 35.9 Å². The highest BCUT2D eigenvalue weighted by molar-refractivity contribution is 7.99. The fourth-order valence-electron chi connectivity index (χ4n) is 1.89. The Morgan fingerprint density at radius 1 is 1.12 bits per heavy atom. The summed E-state index contributed by atoms with van der Waals surface area (Å²) in [6.45, 7) is 0. The maximum Gasteiger partial charge on any atom is 0.234 e. The van der Waals surface area contributed by atoms with Crippen LogP contribution in [-0.2, 0) is 20.4 Å². The third-order valence-corrected chi connectivity index (χ3v) is 5.88. The molecule has 24 heavy (non-hydrogen) atoms. The molecule has 1 N–H and O–H groups in total. The summed E-state index contributed by atoms with van der Waals surface area (Å²) in [5.74, 6) is 0.655. The van der Waals surface area contributed by atoms with Gasteiger partial charge in [0.05, 0.1) is 20.7 Å². The van der Waals surface area contributed by atoms with E-state index in [0.29, 0.717) is 21.5 Å². The molecule has 0 saturated carbocycles. The molecule has 0 aliphatic heterocycles. The third-order valence-electron chi connectivity index (χ3n) is 3.03. The minimum Gasteiger partial charge on any atom is -0.325 e. The van der Waals surface area contributed by atoms with Gasteiger partial charge in [-0.25, -0.2) is 8.42 Å². The molecule has 0 bridgehead atoms. The van der Waals surface area contributed by atoms with E-state index >= 15 is 0 Å². The number of halogens is 2. The lowest BCUT2D eigenvalue weighted by Gasteiger charge is -2.07. The molecular weight excluding hydrogens is 389 g/mol. The second-order valence-electron chi connectivity index (χ2n) is 5.09. The molecule has 0 aliphatic carbocycles. The van der Waals surface area contributed by atoms with Crippen molar-refractivity contribution in [3.05, 3.63) is 58.1 Å². The summed E-state index contributed by atoms with van der Waals surface area (Å²) in [7, 11) is -3.30. The first-order chi connectivity index (χ1) is 11.3. The minimum atomic E-state index is -3.30. The van der Waals surface area contributed by atoms with Gasteiger partial charge in [0, 0.05) is 17.7 Å². The fourth-order valence-corrected chi connectivity index (χ4v) is 3.65. The van der Waals surface area contributed by atoms with E-state index in [2.05, 4.69) is 5.32 Å². The van der Waals surface area contributed by atoms with Crippen LogP contribution in [0.3, 0.4) is 0 Å². The zero-order valence-corrected chi connectivity index (χ0v) is 15.9. The number of sulfone groups is 1. The van der Waals surface area contributed by atoms with E-state index in [9.17, 15) is 13.2 Å². The van der Waals surface area contributed by atoms with E-state index in [1.54, 1.807) is 24.3 Å². The van der Waals surface area contributed by atoms with Gasteiger partial charge in [-0.2, -0.15) is 0 Å². The zero-order valence-electron chi connectivity index (χ0n) is 12.8. The Kier molecular flexibility index (Phi) is 6.57. The predicted molar refractivity (Wildman–Crippen MR) is 101 cm³/mol. The lowest BCUT2D eigenvalue weighted by atomic mass is 10.2. The van der Waals surface area contributed by atoms with E-state index in [1.165, 1.54) is 23.9 Å². The molecule has 4 nitrogen and oxygen atoms in total. The summed E-state index contributed by atoms with van der Waals surface area (Å²) < 4.78 is 23.0. The smallest absolute Gasteiger partial charge is 0.234 e. The molecule has 8 heteroatoms. The van der Waals surface area contributed by atoms with Crippen LogP contribution in [0.2, 0.25) is 10.0 Å². The zero-order chi connectivity index (χ0) is 17.7. The molecule has 0 radical (unpaired) electrons. The highest BCUT2D eigenvalue weighted by Gasteiger charge is 2.09. The lowest BCUT2D eigenvalue weighted by Crippen LogP contribution is -2.14. The van der Waals surface area contributed by atoms with E-state index < -0.39 is 9.84 Å². The summed E-state index contributed by atoms with van der Waals surface area (Å²) >= 11 is 13.2. The Labute approximate surface area is 155 Å². The van der Waals surface area contributed by atoms with E-state index in [4.69, 9.17) is 23.2 Å². The highest BCUT2D eigenvalue weighted by atomic mass is 35.5. The molecule has 0 unspecified atom stereocenters. The van der Waals surface area contributed by atoms with Gasteiger partial charge in [0.2, 0.25) is 5.91 Å². The van der Waals surface area contributed by atoms with Crippen molar-refractivity contribution in [2.45, 2.75) is 10.6 Å². The highest BCUT2D eigenvalue weighted by Crippen LogP contribution is 2.24. The van der Waals surface area contributed by atoms with Crippen molar-refractivity contribution in [3.8, 4) is 0 Å². The summed E-state index contributed by atoms with van der Waals surface area (Å²) in [5.41, 5.74) is 1.43. The predicted octanol–water partition coefficient (Wildman–Crippen LogP) is 4.27. The fraction of sp³-hybridized carbons (Fsp3) is 0.188. The summed E-state index contributed by atoms with van der Waals surface area (Å²) in [6, 6.07) is 11.5. The van der Waals surface area contributed by atoms with Crippen molar-refractivity contribution < 1.29 is 13.2 Å². The number of anilines is 1. The normalized spacial score (nSPS) is 11.3. The number of hydrogen-bond acceptors (Lipinski definition) is 4. The Morgan fingerprint density at radius 2 is 1.88 bits per heavy atom. The quantitative estimate of drug-likeness (QED) is 0.781. The first kappa shape index (κ1) is 19.1. The van der Waals surface area contributed by atoms with Gasteiger partial charge in [-0.15, -0.1) is 11.8 Å². The van der Waals surface area contributed by atoms with E-state index in [-0.39, 0.29) is 16.6 Å². The first-order valence-corrected chi connectivity index (χ1v) is 10.7. The molecule has 2 aromatic rings. The Hall–Kier alpha value is -1.21. The van der Waals surface area contributed by atoms with Crippen LogP contribution in [0.5, 0.6) is 0 Å². The molecule has 0 fully saturated rings. The van der Waals surface area contributed by atoms with Gasteiger partial charge < -0.3 is 5.32 Å². The Bertz CT molecular complexity index is 854. The number of hydrogen-bond donors (Lipinski definition) is 1. The third kappa shape index (κ3) is 5.70. The maximum absolute atomic E-state index is 12.0. The molecule has 0 aliphatic rings. The first-order valence-electron chi connectivity index (χ1n) is 6.87. The topological polar surface area (TPSA) is 63.2 Å². The number of carbonyl (C=O) groups is 1. The van der Waals surface area contributed by atoms with Crippen molar-refractivity contribution in [2.75, 3.05) is 17.3 Å². The van der Waals surface area contributed by atoms with Gasteiger partial charge in [-0.1, -0.05) is 35.3 Å². The van der Waals surface area contributed by atoms with Crippen LogP contribution >= 0.6 is 35.0 Å². The molecule has 0 spiro atoms. The second kappa shape index (κ2) is 8.25. The molecule has 0 saturated heterocycles. The largest absolute Gasteiger partial charge is 0.325 e. The van der Waals surface area contributed by atoms with E-state index in [0.717, 1.165) is 11.8 Å². The molecular formula is C16H15Cl2NO3S2. The number of thioether (sulfide) groups is 1.